The molecule has 0 aliphatic carbocycles. The van der Waals surface area contributed by atoms with Gasteiger partial charge in [0.15, 0.2) is 0 Å². The van der Waals surface area contributed by atoms with Crippen molar-refractivity contribution < 1.29 is 5.11 Å². The Morgan fingerprint density at radius 2 is 2.55 bits per heavy atom. The molecule has 0 bridgehead atoms. The first-order valence-corrected chi connectivity index (χ1v) is 4.12. The van der Waals surface area contributed by atoms with Crippen LogP contribution in [0.25, 0.3) is 0 Å². The zero-order valence-electron chi connectivity index (χ0n) is 5.95. The van der Waals surface area contributed by atoms with Crippen molar-refractivity contribution in [1.82, 2.24) is 0 Å². The predicted octanol–water partition coefficient (Wildman–Crippen LogP) is 1.65. The summed E-state index contributed by atoms with van der Waals surface area (Å²) in [5.74, 6) is 5.74. The lowest BCUT2D eigenvalue weighted by molar-refractivity contribution is 0.343. The van der Waals surface area contributed by atoms with Crippen molar-refractivity contribution in [1.29, 1.82) is 0 Å². The molecule has 1 rings (SSSR count). The first-order chi connectivity index (χ1) is 5.43. The quantitative estimate of drug-likeness (QED) is 0.626. The van der Waals surface area contributed by atoms with Crippen molar-refractivity contribution in [2.75, 3.05) is 6.61 Å². The lowest BCUT2D eigenvalue weighted by Crippen LogP contribution is -1.67. The molecule has 1 aromatic heterocycles. The van der Waals surface area contributed by atoms with E-state index in [2.05, 4.69) is 11.8 Å². The van der Waals surface area contributed by atoms with Gasteiger partial charge in [-0.2, -0.15) is 0 Å². The number of allylic oxidation sites excluding steroid dienone is 1. The predicted molar refractivity (Wildman–Crippen MR) is 47.4 cm³/mol. The molecule has 1 N–H and O–H groups in total. The van der Waals surface area contributed by atoms with Crippen LogP contribution < -0.4 is 0 Å². The highest BCUT2D eigenvalue weighted by atomic mass is 32.1. The number of aliphatic hydroxyl groups excluding tert-OH is 1. The van der Waals surface area contributed by atoms with E-state index in [9.17, 15) is 0 Å². The minimum atomic E-state index is 0.0547. The highest BCUT2D eigenvalue weighted by Crippen LogP contribution is 2.05. The molecule has 0 aliphatic rings. The first kappa shape index (κ1) is 8.06. The molecule has 0 aliphatic heterocycles. The smallest absolute Gasteiger partial charge is 0.0771 e. The van der Waals surface area contributed by atoms with E-state index in [0.717, 1.165) is 4.88 Å². The van der Waals surface area contributed by atoms with Crippen LogP contribution in [0.4, 0.5) is 0 Å². The molecule has 0 aromatic carbocycles. The number of rotatable bonds is 1. The minimum absolute atomic E-state index is 0.0547. The van der Waals surface area contributed by atoms with E-state index < -0.39 is 0 Å². The lowest BCUT2D eigenvalue weighted by Gasteiger charge is -1.73. The Balaban J connectivity index is 2.52. The summed E-state index contributed by atoms with van der Waals surface area (Å²) in [4.78, 5) is 1.05. The van der Waals surface area contributed by atoms with Crippen LogP contribution in [-0.2, 0) is 0 Å². The number of hydrogen-bond donors (Lipinski definition) is 1. The van der Waals surface area contributed by atoms with Crippen LogP contribution in [0.5, 0.6) is 0 Å². The van der Waals surface area contributed by atoms with Crippen molar-refractivity contribution in [2.24, 2.45) is 0 Å². The van der Waals surface area contributed by atoms with E-state index >= 15 is 0 Å². The van der Waals surface area contributed by atoms with Crippen LogP contribution in [0.2, 0.25) is 0 Å². The molecule has 0 saturated heterocycles. The van der Waals surface area contributed by atoms with E-state index in [1.54, 1.807) is 23.5 Å². The van der Waals surface area contributed by atoms with Crippen LogP contribution in [-0.4, -0.2) is 11.7 Å². The molecule has 0 amide bonds. The molecule has 0 unspecified atom stereocenters. The fourth-order valence-electron chi connectivity index (χ4n) is 0.574. The zero-order valence-corrected chi connectivity index (χ0v) is 6.77. The van der Waals surface area contributed by atoms with Crippen LogP contribution in [0.3, 0.4) is 0 Å². The van der Waals surface area contributed by atoms with E-state index in [-0.39, 0.29) is 6.61 Å². The molecule has 0 spiro atoms. The topological polar surface area (TPSA) is 20.2 Å². The zero-order chi connectivity index (χ0) is 7.94. The second-order valence-electron chi connectivity index (χ2n) is 1.83. The summed E-state index contributed by atoms with van der Waals surface area (Å²) in [6.07, 6.45) is 3.26. The molecule has 1 aromatic rings. The maximum absolute atomic E-state index is 8.37. The van der Waals surface area contributed by atoms with Gasteiger partial charge in [0.1, 0.15) is 0 Å². The monoisotopic (exact) mass is 164 g/mol. The largest absolute Gasteiger partial charge is 0.392 e. The SMILES string of the molecule is OC/C=C/C#Cc1cccs1. The molecule has 11 heavy (non-hydrogen) atoms. The second kappa shape index (κ2) is 4.73. The Labute approximate surface area is 70.0 Å². The molecule has 56 valence electrons. The van der Waals surface area contributed by atoms with Crippen molar-refractivity contribution in [3.63, 3.8) is 0 Å². The lowest BCUT2D eigenvalue weighted by atomic mass is 10.4. The summed E-state index contributed by atoms with van der Waals surface area (Å²) in [6, 6.07) is 3.93. The van der Waals surface area contributed by atoms with Gasteiger partial charge in [-0.25, -0.2) is 0 Å². The minimum Gasteiger partial charge on any atom is -0.392 e. The van der Waals surface area contributed by atoms with Crippen LogP contribution in [0.1, 0.15) is 4.88 Å². The third kappa shape index (κ3) is 3.03. The molecular weight excluding hydrogens is 156 g/mol. The van der Waals surface area contributed by atoms with Crippen molar-refractivity contribution in [3.8, 4) is 11.8 Å². The van der Waals surface area contributed by atoms with Gasteiger partial charge < -0.3 is 5.11 Å². The summed E-state index contributed by atoms with van der Waals surface area (Å²) in [5.41, 5.74) is 0. The van der Waals surface area contributed by atoms with Crippen molar-refractivity contribution in [3.05, 3.63) is 34.5 Å². The molecule has 1 nitrogen and oxygen atoms in total. The maximum atomic E-state index is 8.37. The summed E-state index contributed by atoms with van der Waals surface area (Å²) in [7, 11) is 0. The Morgan fingerprint density at radius 3 is 3.18 bits per heavy atom. The fraction of sp³-hybridized carbons (Fsp3) is 0.111. The average Bonchev–Trinajstić information content (AvgIpc) is 2.50. The normalized spacial score (nSPS) is 9.55. The molecule has 1 heterocycles. The van der Waals surface area contributed by atoms with Gasteiger partial charge in [0.25, 0.3) is 0 Å². The first-order valence-electron chi connectivity index (χ1n) is 3.24. The average molecular weight is 164 g/mol. The van der Waals surface area contributed by atoms with E-state index in [1.807, 2.05) is 17.5 Å². The van der Waals surface area contributed by atoms with Gasteiger partial charge in [0, 0.05) is 0 Å². The fourth-order valence-corrected chi connectivity index (χ4v) is 1.15. The van der Waals surface area contributed by atoms with Crippen molar-refractivity contribution >= 4 is 11.3 Å². The summed E-state index contributed by atoms with van der Waals surface area (Å²) in [5, 5.41) is 10.4. The Morgan fingerprint density at radius 1 is 1.64 bits per heavy atom. The molecule has 0 atom stereocenters. The van der Waals surface area contributed by atoms with Crippen LogP contribution >= 0.6 is 11.3 Å². The van der Waals surface area contributed by atoms with Gasteiger partial charge >= 0.3 is 0 Å². The third-order valence-electron chi connectivity index (χ3n) is 1.02. The van der Waals surface area contributed by atoms with Crippen LogP contribution in [0, 0.1) is 11.8 Å². The van der Waals surface area contributed by atoms with E-state index in [1.165, 1.54) is 0 Å². The summed E-state index contributed by atoms with van der Waals surface area (Å²) >= 11 is 1.61. The van der Waals surface area contributed by atoms with Gasteiger partial charge in [-0.3, -0.25) is 0 Å². The number of hydrogen-bond acceptors (Lipinski definition) is 2. The second-order valence-corrected chi connectivity index (χ2v) is 2.78. The molecule has 0 fully saturated rings. The highest BCUT2D eigenvalue weighted by Gasteiger charge is 1.81. The van der Waals surface area contributed by atoms with E-state index in [0.29, 0.717) is 0 Å². The number of thiophene rings is 1. The molecule has 2 heteroatoms. The summed E-state index contributed by atoms with van der Waals surface area (Å²) < 4.78 is 0. The highest BCUT2D eigenvalue weighted by molar-refractivity contribution is 7.10. The van der Waals surface area contributed by atoms with Gasteiger partial charge in [0.2, 0.25) is 0 Å². The Hall–Kier alpha value is -1.04. The van der Waals surface area contributed by atoms with Crippen molar-refractivity contribution in [2.45, 2.75) is 0 Å². The van der Waals surface area contributed by atoms with Gasteiger partial charge in [-0.15, -0.1) is 11.3 Å². The van der Waals surface area contributed by atoms with Gasteiger partial charge in [0.05, 0.1) is 11.5 Å². The summed E-state index contributed by atoms with van der Waals surface area (Å²) in [6.45, 7) is 0.0547. The third-order valence-corrected chi connectivity index (χ3v) is 1.81. The number of aliphatic hydroxyl groups is 1. The van der Waals surface area contributed by atoms with Crippen LogP contribution in [0.15, 0.2) is 29.7 Å². The molecule has 0 saturated carbocycles. The van der Waals surface area contributed by atoms with E-state index in [4.69, 9.17) is 5.11 Å². The molecular formula is C9H8OS. The Bertz CT molecular complexity index is 274. The Kier molecular flexibility index (Phi) is 3.46. The maximum Gasteiger partial charge on any atom is 0.0771 e. The standard InChI is InChI=1S/C9H8OS/c10-7-3-1-2-5-9-6-4-8-11-9/h1,3-4,6,8,10H,7H2/b3-1+. The van der Waals surface area contributed by atoms with Gasteiger partial charge in [-0.05, 0) is 17.5 Å². The van der Waals surface area contributed by atoms with Gasteiger partial charge in [-0.1, -0.05) is 24.0 Å². The molecule has 0 radical (unpaired) electrons.